The molecule has 1 aliphatic carbocycles. The van der Waals surface area contributed by atoms with E-state index < -0.39 is 5.97 Å². The topological polar surface area (TPSA) is 55.8 Å². The molecule has 0 amide bonds. The summed E-state index contributed by atoms with van der Waals surface area (Å²) in [6, 6.07) is 3.83. The van der Waals surface area contributed by atoms with E-state index in [1.165, 1.54) is 0 Å². The van der Waals surface area contributed by atoms with Gasteiger partial charge in [0.25, 0.3) is 0 Å². The molecule has 0 radical (unpaired) electrons. The van der Waals surface area contributed by atoms with Crippen molar-refractivity contribution in [1.29, 1.82) is 0 Å². The first-order valence-corrected chi connectivity index (χ1v) is 5.97. The summed E-state index contributed by atoms with van der Waals surface area (Å²) in [6.45, 7) is 1.96. The monoisotopic (exact) mass is 250 g/mol. The molecule has 1 saturated carbocycles. The summed E-state index contributed by atoms with van der Waals surface area (Å²) in [5, 5.41) is 9.02. The summed E-state index contributed by atoms with van der Waals surface area (Å²) in [4.78, 5) is 11.0. The van der Waals surface area contributed by atoms with Crippen LogP contribution in [0.25, 0.3) is 0 Å². The van der Waals surface area contributed by atoms with Gasteiger partial charge in [-0.05, 0) is 31.4 Å². The van der Waals surface area contributed by atoms with Gasteiger partial charge in [0, 0.05) is 17.0 Å². The van der Waals surface area contributed by atoms with Gasteiger partial charge in [-0.2, -0.15) is 0 Å². The molecular formula is C14H18O4. The molecule has 0 atom stereocenters. The Morgan fingerprint density at radius 3 is 2.33 bits per heavy atom. The molecule has 0 aromatic heterocycles. The molecule has 0 heterocycles. The van der Waals surface area contributed by atoms with Crippen LogP contribution in [0, 0.1) is 6.92 Å². The third kappa shape index (κ3) is 2.15. The van der Waals surface area contributed by atoms with Gasteiger partial charge in [0.2, 0.25) is 0 Å². The lowest BCUT2D eigenvalue weighted by Crippen LogP contribution is -2.14. The summed E-state index contributed by atoms with van der Waals surface area (Å²) in [7, 11) is 3.22. The average molecular weight is 250 g/mol. The van der Waals surface area contributed by atoms with Crippen LogP contribution in [0.2, 0.25) is 0 Å². The van der Waals surface area contributed by atoms with Crippen LogP contribution < -0.4 is 9.47 Å². The summed E-state index contributed by atoms with van der Waals surface area (Å²) in [5.74, 6) is 0.723. The molecule has 1 aromatic rings. The highest BCUT2D eigenvalue weighted by atomic mass is 16.5. The quantitative estimate of drug-likeness (QED) is 0.872. The second kappa shape index (κ2) is 4.52. The van der Waals surface area contributed by atoms with Gasteiger partial charge in [0.1, 0.15) is 11.5 Å². The molecule has 0 aliphatic heterocycles. The zero-order chi connectivity index (χ0) is 13.3. The molecule has 18 heavy (non-hydrogen) atoms. The number of methoxy groups -OCH3 is 2. The van der Waals surface area contributed by atoms with Crippen LogP contribution in [0.4, 0.5) is 0 Å². The maximum atomic E-state index is 11.0. The van der Waals surface area contributed by atoms with Crippen molar-refractivity contribution in [3.63, 3.8) is 0 Å². The fourth-order valence-corrected chi connectivity index (χ4v) is 2.45. The third-order valence-corrected chi connectivity index (χ3v) is 3.63. The molecule has 1 N–H and O–H groups in total. The largest absolute Gasteiger partial charge is 0.496 e. The Morgan fingerprint density at radius 2 is 1.89 bits per heavy atom. The summed E-state index contributed by atoms with van der Waals surface area (Å²) >= 11 is 0. The maximum absolute atomic E-state index is 11.0. The van der Waals surface area contributed by atoms with Gasteiger partial charge in [-0.15, -0.1) is 0 Å². The summed E-state index contributed by atoms with van der Waals surface area (Å²) < 4.78 is 10.6. The van der Waals surface area contributed by atoms with Crippen LogP contribution in [0.15, 0.2) is 12.1 Å². The van der Waals surface area contributed by atoms with Crippen molar-refractivity contribution in [2.75, 3.05) is 14.2 Å². The second-order valence-corrected chi connectivity index (χ2v) is 4.87. The lowest BCUT2D eigenvalue weighted by Gasteiger charge is -2.19. The predicted octanol–water partition coefficient (Wildman–Crippen LogP) is 2.52. The van der Waals surface area contributed by atoms with Gasteiger partial charge >= 0.3 is 5.97 Å². The normalized spacial score (nSPS) is 16.2. The molecule has 0 unspecified atom stereocenters. The number of hydrogen-bond acceptors (Lipinski definition) is 3. The molecule has 1 aliphatic rings. The van der Waals surface area contributed by atoms with E-state index >= 15 is 0 Å². The highest BCUT2D eigenvalue weighted by molar-refractivity contribution is 5.71. The lowest BCUT2D eigenvalue weighted by molar-refractivity contribution is -0.137. The van der Waals surface area contributed by atoms with Gasteiger partial charge in [-0.1, -0.05) is 0 Å². The molecule has 1 aromatic carbocycles. The second-order valence-electron chi connectivity index (χ2n) is 4.87. The molecule has 0 saturated heterocycles. The van der Waals surface area contributed by atoms with Gasteiger partial charge in [-0.25, -0.2) is 0 Å². The Hall–Kier alpha value is -1.71. The van der Waals surface area contributed by atoms with Crippen LogP contribution >= 0.6 is 0 Å². The first kappa shape index (κ1) is 12.7. The van der Waals surface area contributed by atoms with Gasteiger partial charge < -0.3 is 14.6 Å². The van der Waals surface area contributed by atoms with Crippen molar-refractivity contribution in [1.82, 2.24) is 0 Å². The Balaban J connectivity index is 2.44. The number of carbonyl (C=O) groups is 1. The molecule has 0 bridgehead atoms. The predicted molar refractivity (Wildman–Crippen MR) is 67.4 cm³/mol. The summed E-state index contributed by atoms with van der Waals surface area (Å²) in [5.41, 5.74) is 1.75. The van der Waals surface area contributed by atoms with Crippen LogP contribution in [-0.4, -0.2) is 25.3 Å². The van der Waals surface area contributed by atoms with Gasteiger partial charge in [0.05, 0.1) is 20.6 Å². The zero-order valence-corrected chi connectivity index (χ0v) is 10.9. The van der Waals surface area contributed by atoms with E-state index in [0.717, 1.165) is 35.5 Å². The lowest BCUT2D eigenvalue weighted by atomic mass is 9.90. The smallest absolute Gasteiger partial charge is 0.304 e. The molecule has 0 spiro atoms. The van der Waals surface area contributed by atoms with E-state index in [1.54, 1.807) is 14.2 Å². The Labute approximate surface area is 107 Å². The SMILES string of the molecule is COc1cc(OC)c(C2(CC(=O)O)CC2)cc1C. The van der Waals surface area contributed by atoms with Crippen molar-refractivity contribution in [3.05, 3.63) is 23.3 Å². The first-order chi connectivity index (χ1) is 8.52. The number of carboxylic acids is 1. The highest BCUT2D eigenvalue weighted by Crippen LogP contribution is 2.54. The Morgan fingerprint density at radius 1 is 1.28 bits per heavy atom. The Kier molecular flexibility index (Phi) is 3.20. The number of aryl methyl sites for hydroxylation is 1. The number of benzene rings is 1. The van der Waals surface area contributed by atoms with E-state index in [9.17, 15) is 4.79 Å². The molecule has 2 rings (SSSR count). The van der Waals surface area contributed by atoms with Crippen LogP contribution in [0.5, 0.6) is 11.5 Å². The number of carboxylic acid groups (broad SMARTS) is 1. The van der Waals surface area contributed by atoms with E-state index in [-0.39, 0.29) is 11.8 Å². The van der Waals surface area contributed by atoms with Gasteiger partial charge in [0.15, 0.2) is 0 Å². The van der Waals surface area contributed by atoms with E-state index in [2.05, 4.69) is 0 Å². The number of hydrogen-bond donors (Lipinski definition) is 1. The van der Waals surface area contributed by atoms with E-state index in [1.807, 2.05) is 19.1 Å². The average Bonchev–Trinajstić information content (AvgIpc) is 3.08. The van der Waals surface area contributed by atoms with E-state index in [4.69, 9.17) is 14.6 Å². The fraction of sp³-hybridized carbons (Fsp3) is 0.500. The van der Waals surface area contributed by atoms with Crippen LogP contribution in [0.1, 0.15) is 30.4 Å². The molecule has 98 valence electrons. The van der Waals surface area contributed by atoms with Crippen LogP contribution in [-0.2, 0) is 10.2 Å². The Bertz CT molecular complexity index is 475. The third-order valence-electron chi connectivity index (χ3n) is 3.63. The highest BCUT2D eigenvalue weighted by Gasteiger charge is 2.48. The minimum absolute atomic E-state index is 0.162. The zero-order valence-electron chi connectivity index (χ0n) is 10.9. The number of ether oxygens (including phenoxy) is 2. The van der Waals surface area contributed by atoms with Crippen molar-refractivity contribution < 1.29 is 19.4 Å². The summed E-state index contributed by atoms with van der Waals surface area (Å²) in [6.07, 6.45) is 1.97. The maximum Gasteiger partial charge on any atom is 0.304 e. The minimum atomic E-state index is -0.761. The minimum Gasteiger partial charge on any atom is -0.496 e. The standard InChI is InChI=1S/C14H18O4/c1-9-6-10(12(18-3)7-11(9)17-2)14(4-5-14)8-13(15)16/h6-7H,4-5,8H2,1-3H3,(H,15,16). The molecule has 4 heteroatoms. The molecule has 4 nitrogen and oxygen atoms in total. The number of rotatable bonds is 5. The van der Waals surface area contributed by atoms with Crippen LogP contribution in [0.3, 0.4) is 0 Å². The fourth-order valence-electron chi connectivity index (χ4n) is 2.45. The molecular weight excluding hydrogens is 232 g/mol. The van der Waals surface area contributed by atoms with Crippen molar-refractivity contribution in [3.8, 4) is 11.5 Å². The van der Waals surface area contributed by atoms with E-state index in [0.29, 0.717) is 0 Å². The first-order valence-electron chi connectivity index (χ1n) is 5.97. The molecule has 1 fully saturated rings. The van der Waals surface area contributed by atoms with Crippen molar-refractivity contribution in [2.45, 2.75) is 31.6 Å². The van der Waals surface area contributed by atoms with Gasteiger partial charge in [-0.3, -0.25) is 4.79 Å². The van der Waals surface area contributed by atoms with Crippen molar-refractivity contribution in [2.24, 2.45) is 0 Å². The number of aliphatic carboxylic acids is 1. The van der Waals surface area contributed by atoms with Crippen molar-refractivity contribution >= 4 is 5.97 Å².